The van der Waals surface area contributed by atoms with Gasteiger partial charge < -0.3 is 4.57 Å². The lowest BCUT2D eigenvalue weighted by atomic mass is 9.98. The van der Waals surface area contributed by atoms with Crippen LogP contribution in [0.25, 0.3) is 84.1 Å². The summed E-state index contributed by atoms with van der Waals surface area (Å²) >= 11 is 0. The van der Waals surface area contributed by atoms with Crippen LogP contribution in [0.3, 0.4) is 0 Å². The lowest BCUT2D eigenvalue weighted by Gasteiger charge is -2.13. The summed E-state index contributed by atoms with van der Waals surface area (Å²) in [6.07, 6.45) is 6.72. The molecular weight excluding hydrogens is 609 g/mol. The number of rotatable bonds is 5. The van der Waals surface area contributed by atoms with E-state index in [0.29, 0.717) is 5.95 Å². The zero-order valence-corrected chi connectivity index (χ0v) is 27.4. The molecule has 3 heterocycles. The number of fused-ring (bicyclic) bond motifs is 6. The second-order valence-corrected chi connectivity index (χ2v) is 13.0. The van der Waals surface area contributed by atoms with Crippen molar-refractivity contribution in [3.05, 3.63) is 175 Å². The Hall–Kier alpha value is -6.52. The lowest BCUT2D eigenvalue weighted by molar-refractivity contribution is 0.888. The number of aromatic nitrogens is 4. The van der Waals surface area contributed by atoms with Crippen LogP contribution in [0.4, 0.5) is 0 Å². The normalized spacial score (nSPS) is 12.6. The van der Waals surface area contributed by atoms with Gasteiger partial charge in [-0.1, -0.05) is 121 Å². The molecule has 1 aliphatic rings. The standard InChI is InChI=1S/C46H32N4/c1-4-14-31(15-5-1)40-30-41(32-16-6-2-7-17-32)48-46(47-40)50-43-23-13-11-21-37(43)39-29-34(25-27-45(39)50)33-24-26-44-38(28-33)36-20-10-12-22-42(36)49(44)35-18-8-3-9-19-35/h1-11,13-21,23-30H,12,22H2. The topological polar surface area (TPSA) is 35.6 Å². The Balaban J connectivity index is 1.16. The van der Waals surface area contributed by atoms with Gasteiger partial charge in [0.25, 0.3) is 0 Å². The van der Waals surface area contributed by atoms with Crippen molar-refractivity contribution in [1.82, 2.24) is 19.1 Å². The fourth-order valence-corrected chi connectivity index (χ4v) is 7.69. The summed E-state index contributed by atoms with van der Waals surface area (Å²) in [6.45, 7) is 0. The summed E-state index contributed by atoms with van der Waals surface area (Å²) in [5, 5.41) is 3.65. The minimum absolute atomic E-state index is 0.659. The first-order valence-corrected chi connectivity index (χ1v) is 17.2. The van der Waals surface area contributed by atoms with E-state index >= 15 is 0 Å². The Labute approximate surface area is 290 Å². The predicted octanol–water partition coefficient (Wildman–Crippen LogP) is 11.5. The van der Waals surface area contributed by atoms with E-state index in [0.717, 1.165) is 46.4 Å². The van der Waals surface area contributed by atoms with Gasteiger partial charge in [0, 0.05) is 44.2 Å². The zero-order chi connectivity index (χ0) is 33.0. The lowest BCUT2D eigenvalue weighted by Crippen LogP contribution is -2.03. The monoisotopic (exact) mass is 640 g/mol. The minimum Gasteiger partial charge on any atom is -0.313 e. The molecule has 0 N–H and O–H groups in total. The predicted molar refractivity (Wildman–Crippen MR) is 207 cm³/mol. The molecule has 236 valence electrons. The third kappa shape index (κ3) is 4.61. The molecule has 3 aromatic heterocycles. The Morgan fingerprint density at radius 1 is 0.440 bits per heavy atom. The maximum atomic E-state index is 5.20. The molecule has 4 nitrogen and oxygen atoms in total. The van der Waals surface area contributed by atoms with Crippen molar-refractivity contribution in [2.75, 3.05) is 0 Å². The Bertz CT molecular complexity index is 2680. The first kappa shape index (κ1) is 28.5. The fraction of sp³-hybridized carbons (Fsp3) is 0.0435. The van der Waals surface area contributed by atoms with Crippen molar-refractivity contribution in [2.24, 2.45) is 0 Å². The van der Waals surface area contributed by atoms with E-state index in [2.05, 4.69) is 167 Å². The molecule has 0 atom stereocenters. The van der Waals surface area contributed by atoms with E-state index in [1.54, 1.807) is 0 Å². The van der Waals surface area contributed by atoms with E-state index < -0.39 is 0 Å². The molecule has 4 heteroatoms. The highest BCUT2D eigenvalue weighted by molar-refractivity contribution is 6.10. The number of hydrogen-bond acceptors (Lipinski definition) is 2. The molecule has 0 amide bonds. The number of hydrogen-bond donors (Lipinski definition) is 0. The van der Waals surface area contributed by atoms with Gasteiger partial charge >= 0.3 is 0 Å². The molecule has 10 rings (SSSR count). The highest BCUT2D eigenvalue weighted by atomic mass is 15.2. The molecule has 0 aliphatic heterocycles. The van der Waals surface area contributed by atoms with Crippen molar-refractivity contribution in [2.45, 2.75) is 12.8 Å². The van der Waals surface area contributed by atoms with Gasteiger partial charge in [-0.2, -0.15) is 0 Å². The summed E-state index contributed by atoms with van der Waals surface area (Å²) in [6, 6.07) is 55.9. The summed E-state index contributed by atoms with van der Waals surface area (Å²) in [5.74, 6) is 0.659. The maximum Gasteiger partial charge on any atom is 0.235 e. The van der Waals surface area contributed by atoms with Crippen LogP contribution >= 0.6 is 0 Å². The molecule has 0 saturated carbocycles. The van der Waals surface area contributed by atoms with Gasteiger partial charge in [-0.3, -0.25) is 4.57 Å². The van der Waals surface area contributed by atoms with Crippen molar-refractivity contribution >= 4 is 38.8 Å². The van der Waals surface area contributed by atoms with E-state index in [-0.39, 0.29) is 0 Å². The molecule has 1 aliphatic carbocycles. The van der Waals surface area contributed by atoms with E-state index in [1.807, 2.05) is 12.1 Å². The third-order valence-corrected chi connectivity index (χ3v) is 10.0. The van der Waals surface area contributed by atoms with Crippen LogP contribution in [0.1, 0.15) is 17.7 Å². The molecule has 0 saturated heterocycles. The van der Waals surface area contributed by atoms with Gasteiger partial charge in [0.15, 0.2) is 0 Å². The van der Waals surface area contributed by atoms with Crippen LogP contribution < -0.4 is 0 Å². The van der Waals surface area contributed by atoms with Gasteiger partial charge in [0.1, 0.15) is 0 Å². The third-order valence-electron chi connectivity index (χ3n) is 10.0. The van der Waals surface area contributed by atoms with Crippen LogP contribution in [-0.2, 0) is 6.42 Å². The molecule has 0 radical (unpaired) electrons. The second kappa shape index (κ2) is 11.6. The Morgan fingerprint density at radius 2 is 1.00 bits per heavy atom. The summed E-state index contributed by atoms with van der Waals surface area (Å²) in [7, 11) is 0. The molecule has 6 aromatic carbocycles. The van der Waals surface area contributed by atoms with E-state index in [9.17, 15) is 0 Å². The van der Waals surface area contributed by atoms with Gasteiger partial charge in [0.05, 0.1) is 27.9 Å². The van der Waals surface area contributed by atoms with Gasteiger partial charge in [-0.25, -0.2) is 9.97 Å². The summed E-state index contributed by atoms with van der Waals surface area (Å²) in [5.41, 5.74) is 13.6. The average Bonchev–Trinajstić information content (AvgIpc) is 3.71. The highest BCUT2D eigenvalue weighted by Crippen LogP contribution is 2.39. The first-order chi connectivity index (χ1) is 24.8. The SMILES string of the molecule is C1=Cc2c(n(-c3ccccc3)c3ccc(-c4ccc5c(c4)c4ccccc4n5-c4nc(-c5ccccc5)cc(-c5ccccc5)n4)cc23)CC1. The number of para-hydroxylation sites is 2. The highest BCUT2D eigenvalue weighted by Gasteiger charge is 2.21. The van der Waals surface area contributed by atoms with Gasteiger partial charge in [0.2, 0.25) is 5.95 Å². The fourth-order valence-electron chi connectivity index (χ4n) is 7.69. The van der Waals surface area contributed by atoms with Gasteiger partial charge in [-0.15, -0.1) is 0 Å². The van der Waals surface area contributed by atoms with Crippen LogP contribution in [0.15, 0.2) is 164 Å². The Morgan fingerprint density at radius 3 is 1.68 bits per heavy atom. The second-order valence-electron chi connectivity index (χ2n) is 13.0. The van der Waals surface area contributed by atoms with Crippen LogP contribution in [0.2, 0.25) is 0 Å². The molecule has 0 unspecified atom stereocenters. The van der Waals surface area contributed by atoms with Crippen molar-refractivity contribution < 1.29 is 0 Å². The largest absolute Gasteiger partial charge is 0.313 e. The smallest absolute Gasteiger partial charge is 0.235 e. The average molecular weight is 641 g/mol. The van der Waals surface area contributed by atoms with Crippen molar-refractivity contribution in [1.29, 1.82) is 0 Å². The summed E-state index contributed by atoms with van der Waals surface area (Å²) in [4.78, 5) is 10.4. The van der Waals surface area contributed by atoms with Gasteiger partial charge in [-0.05, 0) is 72.5 Å². The molecule has 9 aromatic rings. The number of nitrogens with zero attached hydrogens (tertiary/aromatic N) is 4. The minimum atomic E-state index is 0.659. The molecule has 0 bridgehead atoms. The maximum absolute atomic E-state index is 5.20. The first-order valence-electron chi connectivity index (χ1n) is 17.2. The molecule has 50 heavy (non-hydrogen) atoms. The van der Waals surface area contributed by atoms with E-state index in [1.165, 1.54) is 49.7 Å². The van der Waals surface area contributed by atoms with Crippen LogP contribution in [0.5, 0.6) is 0 Å². The van der Waals surface area contributed by atoms with Crippen molar-refractivity contribution in [3.8, 4) is 45.3 Å². The molecule has 0 spiro atoms. The van der Waals surface area contributed by atoms with E-state index in [4.69, 9.17) is 9.97 Å². The quantitative estimate of drug-likeness (QED) is 0.188. The van der Waals surface area contributed by atoms with Crippen LogP contribution in [0, 0.1) is 0 Å². The zero-order valence-electron chi connectivity index (χ0n) is 27.4. The van der Waals surface area contributed by atoms with Crippen LogP contribution in [-0.4, -0.2) is 19.1 Å². The Kier molecular flexibility index (Phi) is 6.59. The van der Waals surface area contributed by atoms with Crippen molar-refractivity contribution in [3.63, 3.8) is 0 Å². The molecule has 0 fully saturated rings. The summed E-state index contributed by atoms with van der Waals surface area (Å²) < 4.78 is 4.67. The number of benzene rings is 6. The number of allylic oxidation sites excluding steroid dienone is 1. The molecular formula is C46H32N4.